The van der Waals surface area contributed by atoms with Gasteiger partial charge in [0.1, 0.15) is 0 Å². The van der Waals surface area contributed by atoms with Gasteiger partial charge in [-0.15, -0.1) is 10.1 Å². The number of hydrogen-bond donors (Lipinski definition) is 1. The van der Waals surface area contributed by atoms with Crippen LogP contribution in [0.25, 0.3) is 11.2 Å². The Morgan fingerprint density at radius 3 is 2.54 bits per heavy atom. The Kier molecular flexibility index (Phi) is 5.02. The number of hydrogen-bond acceptors (Lipinski definition) is 7. The molecule has 0 aliphatic rings. The van der Waals surface area contributed by atoms with Gasteiger partial charge in [0.15, 0.2) is 11.2 Å². The second-order valence-corrected chi connectivity index (χ2v) is 5.57. The number of unbranched alkanes of at least 4 members (excludes halogenated alkanes) is 1. The Morgan fingerprint density at radius 1 is 1.33 bits per heavy atom. The molecule has 0 bridgehead atoms. The SMILES string of the molecule is CC(C)n1c(=O)n(C)c(=O)c2c1nc(O[N+](=O)[O-])n2CCCCO. The molecule has 11 heteroatoms. The third-order valence-corrected chi connectivity index (χ3v) is 3.60. The Bertz CT molecular complexity index is 878. The van der Waals surface area contributed by atoms with Crippen molar-refractivity contribution in [2.75, 3.05) is 6.61 Å². The summed E-state index contributed by atoms with van der Waals surface area (Å²) >= 11 is 0. The van der Waals surface area contributed by atoms with E-state index in [0.29, 0.717) is 12.8 Å². The maximum Gasteiger partial charge on any atom is 0.332 e. The predicted molar refractivity (Wildman–Crippen MR) is 83.6 cm³/mol. The number of aromatic nitrogens is 4. The molecule has 0 atom stereocenters. The molecular formula is C13H19N5O6. The first-order valence-corrected chi connectivity index (χ1v) is 7.44. The molecule has 132 valence electrons. The fourth-order valence-electron chi connectivity index (χ4n) is 2.49. The molecule has 2 aromatic heterocycles. The second kappa shape index (κ2) is 6.83. The lowest BCUT2D eigenvalue weighted by atomic mass is 10.3. The van der Waals surface area contributed by atoms with Crippen LogP contribution >= 0.6 is 0 Å². The zero-order chi connectivity index (χ0) is 18.0. The minimum Gasteiger partial charge on any atom is -0.396 e. The summed E-state index contributed by atoms with van der Waals surface area (Å²) in [5, 5.41) is 18.6. The molecule has 2 aromatic rings. The summed E-state index contributed by atoms with van der Waals surface area (Å²) in [6.45, 7) is 3.62. The minimum atomic E-state index is -1.02. The van der Waals surface area contributed by atoms with Crippen molar-refractivity contribution in [3.8, 4) is 6.01 Å². The lowest BCUT2D eigenvalue weighted by molar-refractivity contribution is -0.713. The smallest absolute Gasteiger partial charge is 0.332 e. The molecule has 2 heterocycles. The zero-order valence-electron chi connectivity index (χ0n) is 13.6. The van der Waals surface area contributed by atoms with Crippen molar-refractivity contribution in [1.29, 1.82) is 0 Å². The van der Waals surface area contributed by atoms with Crippen molar-refractivity contribution in [3.05, 3.63) is 31.0 Å². The van der Waals surface area contributed by atoms with Crippen molar-refractivity contribution in [2.24, 2.45) is 7.05 Å². The third kappa shape index (κ3) is 3.02. The molecule has 0 aliphatic heterocycles. The molecule has 0 aromatic carbocycles. The predicted octanol–water partition coefficient (Wildman–Crippen LogP) is -0.179. The van der Waals surface area contributed by atoms with Crippen molar-refractivity contribution >= 4 is 11.2 Å². The average molecular weight is 341 g/mol. The number of aliphatic hydroxyl groups is 1. The highest BCUT2D eigenvalue weighted by atomic mass is 17.0. The van der Waals surface area contributed by atoms with Crippen molar-refractivity contribution < 1.29 is 15.0 Å². The van der Waals surface area contributed by atoms with E-state index >= 15 is 0 Å². The standard InChI is InChI=1S/C13H19N5O6/c1-8(2)17-10-9(11(20)15(3)13(17)21)16(6-4-5-7-19)12(14-10)24-18(22)23/h8,19H,4-7H2,1-3H3. The van der Waals surface area contributed by atoms with Gasteiger partial charge in [0, 0.05) is 26.2 Å². The van der Waals surface area contributed by atoms with Crippen LogP contribution in [-0.4, -0.2) is 35.5 Å². The maximum absolute atomic E-state index is 12.5. The molecule has 0 saturated heterocycles. The molecular weight excluding hydrogens is 322 g/mol. The van der Waals surface area contributed by atoms with Crippen LogP contribution in [0.15, 0.2) is 9.59 Å². The Hall–Kier alpha value is -2.69. The fourth-order valence-corrected chi connectivity index (χ4v) is 2.49. The van der Waals surface area contributed by atoms with E-state index in [9.17, 15) is 19.7 Å². The van der Waals surface area contributed by atoms with E-state index in [2.05, 4.69) is 9.82 Å². The van der Waals surface area contributed by atoms with Crippen LogP contribution < -0.4 is 16.1 Å². The number of imidazole rings is 1. The highest BCUT2D eigenvalue weighted by Crippen LogP contribution is 2.21. The van der Waals surface area contributed by atoms with Gasteiger partial charge in [0.05, 0.1) is 0 Å². The van der Waals surface area contributed by atoms with E-state index in [-0.39, 0.29) is 36.4 Å². The Morgan fingerprint density at radius 2 is 2.00 bits per heavy atom. The van der Waals surface area contributed by atoms with Crippen LogP contribution in [0, 0.1) is 10.1 Å². The molecule has 0 fully saturated rings. The number of rotatable bonds is 7. The van der Waals surface area contributed by atoms with Crippen LogP contribution in [0.4, 0.5) is 0 Å². The van der Waals surface area contributed by atoms with E-state index in [1.807, 2.05) is 0 Å². The number of nitrogens with zero attached hydrogens (tertiary/aromatic N) is 5. The summed E-state index contributed by atoms with van der Waals surface area (Å²) in [4.78, 5) is 44.0. The first-order chi connectivity index (χ1) is 11.3. The first-order valence-electron chi connectivity index (χ1n) is 7.44. The zero-order valence-corrected chi connectivity index (χ0v) is 13.6. The normalized spacial score (nSPS) is 11.4. The van der Waals surface area contributed by atoms with Crippen molar-refractivity contribution in [2.45, 2.75) is 39.3 Å². The van der Waals surface area contributed by atoms with Crippen LogP contribution in [0.3, 0.4) is 0 Å². The highest BCUT2D eigenvalue weighted by Gasteiger charge is 2.23. The van der Waals surface area contributed by atoms with Gasteiger partial charge in [-0.3, -0.25) is 18.5 Å². The van der Waals surface area contributed by atoms with Crippen LogP contribution in [-0.2, 0) is 13.6 Å². The third-order valence-electron chi connectivity index (χ3n) is 3.60. The van der Waals surface area contributed by atoms with E-state index in [1.54, 1.807) is 13.8 Å². The molecule has 0 spiro atoms. The lowest BCUT2D eigenvalue weighted by Gasteiger charge is -2.12. The maximum atomic E-state index is 12.5. The molecule has 2 rings (SSSR count). The quantitative estimate of drug-likeness (QED) is 0.419. The molecule has 24 heavy (non-hydrogen) atoms. The first kappa shape index (κ1) is 17.7. The number of aryl methyl sites for hydroxylation is 1. The molecule has 11 nitrogen and oxygen atoms in total. The van der Waals surface area contributed by atoms with Gasteiger partial charge in [-0.25, -0.2) is 9.63 Å². The molecule has 1 N–H and O–H groups in total. The number of fused-ring (bicyclic) bond motifs is 1. The van der Waals surface area contributed by atoms with E-state index in [0.717, 1.165) is 4.57 Å². The van der Waals surface area contributed by atoms with Crippen LogP contribution in [0.2, 0.25) is 0 Å². The molecule has 0 aliphatic carbocycles. The van der Waals surface area contributed by atoms with Crippen LogP contribution in [0.5, 0.6) is 6.01 Å². The van der Waals surface area contributed by atoms with Crippen molar-refractivity contribution in [3.63, 3.8) is 0 Å². The van der Waals surface area contributed by atoms with E-state index in [1.165, 1.54) is 16.2 Å². The van der Waals surface area contributed by atoms with E-state index in [4.69, 9.17) is 5.11 Å². The van der Waals surface area contributed by atoms with Gasteiger partial charge in [0.25, 0.3) is 11.6 Å². The monoisotopic (exact) mass is 341 g/mol. The molecule has 0 unspecified atom stereocenters. The summed E-state index contributed by atoms with van der Waals surface area (Å²) in [7, 11) is 1.34. The van der Waals surface area contributed by atoms with Gasteiger partial charge in [-0.2, -0.15) is 4.98 Å². The van der Waals surface area contributed by atoms with Gasteiger partial charge < -0.3 is 5.11 Å². The summed E-state index contributed by atoms with van der Waals surface area (Å²) < 4.78 is 3.49. The summed E-state index contributed by atoms with van der Waals surface area (Å²) in [5.74, 6) is 0. The second-order valence-electron chi connectivity index (χ2n) is 5.57. The largest absolute Gasteiger partial charge is 0.396 e. The van der Waals surface area contributed by atoms with Crippen molar-refractivity contribution in [1.82, 2.24) is 18.7 Å². The molecule has 0 radical (unpaired) electrons. The van der Waals surface area contributed by atoms with Gasteiger partial charge in [-0.05, 0) is 26.7 Å². The highest BCUT2D eigenvalue weighted by molar-refractivity contribution is 5.72. The van der Waals surface area contributed by atoms with Gasteiger partial charge in [0.2, 0.25) is 0 Å². The summed E-state index contributed by atoms with van der Waals surface area (Å²) in [6, 6.07) is -0.680. The van der Waals surface area contributed by atoms with E-state index < -0.39 is 16.3 Å². The van der Waals surface area contributed by atoms with Gasteiger partial charge in [-0.1, -0.05) is 0 Å². The Labute approximate surface area is 135 Å². The lowest BCUT2D eigenvalue weighted by Crippen LogP contribution is -2.39. The van der Waals surface area contributed by atoms with Gasteiger partial charge >= 0.3 is 10.8 Å². The average Bonchev–Trinajstić information content (AvgIpc) is 2.82. The Balaban J connectivity index is 2.81. The topological polar surface area (TPSA) is 134 Å². The minimum absolute atomic E-state index is 0.0407. The molecule has 0 amide bonds. The van der Waals surface area contributed by atoms with Crippen LogP contribution in [0.1, 0.15) is 32.7 Å². The molecule has 0 saturated carbocycles. The fraction of sp³-hybridized carbons (Fsp3) is 0.615. The summed E-state index contributed by atoms with van der Waals surface area (Å²) in [5.41, 5.74) is -1.07. The number of aliphatic hydroxyl groups excluding tert-OH is 1. The summed E-state index contributed by atoms with van der Waals surface area (Å²) in [6.07, 6.45) is 0.904.